The molecule has 9 nitrogen and oxygen atoms in total. The highest BCUT2D eigenvalue weighted by atomic mass is 32.2. The summed E-state index contributed by atoms with van der Waals surface area (Å²) in [5.41, 5.74) is 2.94. The molecule has 10 heteroatoms. The quantitative estimate of drug-likeness (QED) is 0.383. The molecule has 0 aliphatic heterocycles. The Morgan fingerprint density at radius 1 is 1.33 bits per heavy atom. The predicted molar refractivity (Wildman–Crippen MR) is 99.8 cm³/mol. The number of tetrazole rings is 1. The maximum atomic E-state index is 12.0. The van der Waals surface area contributed by atoms with Crippen molar-refractivity contribution in [2.24, 2.45) is 0 Å². The molecule has 0 fully saturated rings. The summed E-state index contributed by atoms with van der Waals surface area (Å²) in [6, 6.07) is 5.96. The molecule has 0 radical (unpaired) electrons. The van der Waals surface area contributed by atoms with E-state index in [1.165, 1.54) is 6.92 Å². The zero-order valence-electron chi connectivity index (χ0n) is 15.8. The van der Waals surface area contributed by atoms with Crippen molar-refractivity contribution in [2.45, 2.75) is 32.0 Å². The second kappa shape index (κ2) is 10.0. The molecule has 1 aromatic carbocycles. The number of aromatic nitrogens is 4. The van der Waals surface area contributed by atoms with Crippen LogP contribution >= 0.6 is 11.8 Å². The Bertz CT molecular complexity index is 795. The van der Waals surface area contributed by atoms with Crippen LogP contribution in [0.15, 0.2) is 23.4 Å². The Morgan fingerprint density at radius 3 is 2.85 bits per heavy atom. The van der Waals surface area contributed by atoms with Gasteiger partial charge in [-0.25, -0.2) is 0 Å². The first kappa shape index (κ1) is 20.8. The molecule has 0 spiro atoms. The monoisotopic (exact) mass is 393 g/mol. The van der Waals surface area contributed by atoms with E-state index in [0.29, 0.717) is 18.3 Å². The van der Waals surface area contributed by atoms with Gasteiger partial charge in [0.25, 0.3) is 5.91 Å². The summed E-state index contributed by atoms with van der Waals surface area (Å²) in [7, 11) is 1.54. The van der Waals surface area contributed by atoms with Gasteiger partial charge in [0.15, 0.2) is 6.10 Å². The number of hydrogen-bond donors (Lipinski definition) is 1. The van der Waals surface area contributed by atoms with Crippen LogP contribution in [0.1, 0.15) is 18.1 Å². The SMILES string of the molecule is COCCNC(=O)[C@@H](C)OC(=O)CSc1nnnn1-c1cc(C)ccc1C. The lowest BCUT2D eigenvalue weighted by Gasteiger charge is -2.13. The third-order valence-corrected chi connectivity index (χ3v) is 4.53. The van der Waals surface area contributed by atoms with Crippen LogP contribution in [0.3, 0.4) is 0 Å². The Morgan fingerprint density at radius 2 is 2.11 bits per heavy atom. The average molecular weight is 393 g/mol. The molecule has 27 heavy (non-hydrogen) atoms. The van der Waals surface area contributed by atoms with E-state index in [4.69, 9.17) is 9.47 Å². The minimum Gasteiger partial charge on any atom is -0.452 e. The van der Waals surface area contributed by atoms with Gasteiger partial charge in [0.1, 0.15) is 0 Å². The first-order valence-electron chi connectivity index (χ1n) is 8.37. The molecule has 0 saturated carbocycles. The van der Waals surface area contributed by atoms with Crippen molar-refractivity contribution < 1.29 is 19.1 Å². The topological polar surface area (TPSA) is 108 Å². The average Bonchev–Trinajstić information content (AvgIpc) is 3.10. The summed E-state index contributed by atoms with van der Waals surface area (Å²) in [6.07, 6.45) is -0.884. The summed E-state index contributed by atoms with van der Waals surface area (Å²) in [4.78, 5) is 23.8. The third kappa shape index (κ3) is 6.04. The molecule has 0 unspecified atom stereocenters. The van der Waals surface area contributed by atoms with Crippen LogP contribution in [-0.4, -0.2) is 64.2 Å². The van der Waals surface area contributed by atoms with Gasteiger partial charge in [0, 0.05) is 13.7 Å². The fourth-order valence-corrected chi connectivity index (χ4v) is 2.86. The Hall–Kier alpha value is -2.46. The van der Waals surface area contributed by atoms with E-state index in [9.17, 15) is 9.59 Å². The number of ether oxygens (including phenoxy) is 2. The highest BCUT2D eigenvalue weighted by Crippen LogP contribution is 2.21. The summed E-state index contributed by atoms with van der Waals surface area (Å²) >= 11 is 1.15. The van der Waals surface area contributed by atoms with Crippen LogP contribution < -0.4 is 5.32 Å². The van der Waals surface area contributed by atoms with Crippen molar-refractivity contribution in [1.29, 1.82) is 0 Å². The van der Waals surface area contributed by atoms with Crippen LogP contribution in [0.4, 0.5) is 0 Å². The second-order valence-electron chi connectivity index (χ2n) is 5.87. The predicted octanol–water partition coefficient (Wildman–Crippen LogP) is 1.07. The van der Waals surface area contributed by atoms with Gasteiger partial charge >= 0.3 is 5.97 Å². The molecule has 0 bridgehead atoms. The van der Waals surface area contributed by atoms with E-state index in [2.05, 4.69) is 20.8 Å². The van der Waals surface area contributed by atoms with Crippen LogP contribution in [0.5, 0.6) is 0 Å². The van der Waals surface area contributed by atoms with E-state index < -0.39 is 12.1 Å². The highest BCUT2D eigenvalue weighted by molar-refractivity contribution is 7.99. The van der Waals surface area contributed by atoms with Crippen molar-refractivity contribution in [2.75, 3.05) is 26.0 Å². The summed E-state index contributed by atoms with van der Waals surface area (Å²) in [6.45, 7) is 6.21. The zero-order valence-corrected chi connectivity index (χ0v) is 16.6. The molecule has 0 aliphatic rings. The number of rotatable bonds is 9. The number of nitrogens with zero attached hydrogens (tertiary/aromatic N) is 4. The minimum atomic E-state index is -0.884. The molecule has 1 heterocycles. The van der Waals surface area contributed by atoms with Gasteiger partial charge in [-0.15, -0.1) is 5.10 Å². The number of hydrogen-bond acceptors (Lipinski definition) is 8. The van der Waals surface area contributed by atoms with Gasteiger partial charge in [0.2, 0.25) is 5.16 Å². The fraction of sp³-hybridized carbons (Fsp3) is 0.471. The number of amides is 1. The summed E-state index contributed by atoms with van der Waals surface area (Å²) < 4.78 is 11.6. The Labute approximate surface area is 161 Å². The number of nitrogens with one attached hydrogen (secondary N) is 1. The van der Waals surface area contributed by atoms with E-state index in [-0.39, 0.29) is 11.7 Å². The molecule has 2 aromatic rings. The summed E-state index contributed by atoms with van der Waals surface area (Å²) in [5, 5.41) is 14.7. The van der Waals surface area contributed by atoms with Gasteiger partial charge in [-0.3, -0.25) is 9.59 Å². The van der Waals surface area contributed by atoms with Crippen molar-refractivity contribution in [3.63, 3.8) is 0 Å². The number of carbonyl (C=O) groups excluding carboxylic acids is 2. The van der Waals surface area contributed by atoms with Gasteiger partial charge in [-0.1, -0.05) is 23.9 Å². The molecule has 1 amide bonds. The van der Waals surface area contributed by atoms with E-state index in [1.54, 1.807) is 11.8 Å². The molecule has 1 atom stereocenters. The molecule has 0 aliphatic carbocycles. The first-order chi connectivity index (χ1) is 12.9. The lowest BCUT2D eigenvalue weighted by molar-refractivity contribution is -0.152. The molecule has 0 saturated heterocycles. The fourth-order valence-electron chi connectivity index (χ4n) is 2.20. The lowest BCUT2D eigenvalue weighted by Crippen LogP contribution is -2.37. The Balaban J connectivity index is 1.92. The maximum absolute atomic E-state index is 12.0. The molecule has 2 rings (SSSR count). The normalized spacial score (nSPS) is 11.9. The first-order valence-corrected chi connectivity index (χ1v) is 9.36. The molecule has 1 N–H and O–H groups in total. The van der Waals surface area contributed by atoms with Crippen LogP contribution in [0, 0.1) is 13.8 Å². The molecular formula is C17H23N5O4S. The van der Waals surface area contributed by atoms with Crippen molar-refractivity contribution >= 4 is 23.6 Å². The van der Waals surface area contributed by atoms with E-state index in [0.717, 1.165) is 28.6 Å². The van der Waals surface area contributed by atoms with E-state index in [1.807, 2.05) is 32.0 Å². The lowest BCUT2D eigenvalue weighted by atomic mass is 10.1. The van der Waals surface area contributed by atoms with Crippen LogP contribution in [0.2, 0.25) is 0 Å². The summed E-state index contributed by atoms with van der Waals surface area (Å²) in [5.74, 6) is -0.906. The number of esters is 1. The van der Waals surface area contributed by atoms with Gasteiger partial charge in [-0.05, 0) is 48.4 Å². The van der Waals surface area contributed by atoms with E-state index >= 15 is 0 Å². The van der Waals surface area contributed by atoms with Crippen LogP contribution in [-0.2, 0) is 19.1 Å². The van der Waals surface area contributed by atoms with Crippen molar-refractivity contribution in [3.05, 3.63) is 29.3 Å². The second-order valence-corrected chi connectivity index (χ2v) is 6.81. The Kier molecular flexibility index (Phi) is 7.74. The zero-order chi connectivity index (χ0) is 19.8. The van der Waals surface area contributed by atoms with Crippen molar-refractivity contribution in [1.82, 2.24) is 25.5 Å². The molecular weight excluding hydrogens is 370 g/mol. The van der Waals surface area contributed by atoms with Crippen molar-refractivity contribution in [3.8, 4) is 5.69 Å². The standard InChI is InChI=1S/C17H23N5O4S/c1-11-5-6-12(2)14(9-11)22-17(19-20-21-22)27-10-15(23)26-13(3)16(24)18-7-8-25-4/h5-6,9,13H,7-8,10H2,1-4H3,(H,18,24)/t13-/m1/s1. The third-order valence-electron chi connectivity index (χ3n) is 3.64. The van der Waals surface area contributed by atoms with Gasteiger partial charge in [0.05, 0.1) is 18.0 Å². The van der Waals surface area contributed by atoms with Crippen LogP contribution in [0.25, 0.3) is 5.69 Å². The number of aryl methyl sites for hydroxylation is 2. The molecule has 1 aromatic heterocycles. The number of benzene rings is 1. The largest absolute Gasteiger partial charge is 0.452 e. The number of thioether (sulfide) groups is 1. The number of carbonyl (C=O) groups is 2. The smallest absolute Gasteiger partial charge is 0.317 e. The minimum absolute atomic E-state index is 0.0130. The molecule has 146 valence electrons. The maximum Gasteiger partial charge on any atom is 0.317 e. The van der Waals surface area contributed by atoms with Gasteiger partial charge in [-0.2, -0.15) is 4.68 Å². The van der Waals surface area contributed by atoms with Gasteiger partial charge < -0.3 is 14.8 Å². The number of methoxy groups -OCH3 is 1. The highest BCUT2D eigenvalue weighted by Gasteiger charge is 2.19.